The molecule has 0 aliphatic carbocycles. The number of carbonyl (C=O) groups excluding carboxylic acids is 1. The highest BCUT2D eigenvalue weighted by Gasteiger charge is 2.36. The molecule has 1 aliphatic heterocycles. The molecule has 1 atom stereocenters. The Kier molecular flexibility index (Phi) is 4.16. The van der Waals surface area contributed by atoms with Gasteiger partial charge in [-0.1, -0.05) is 0 Å². The van der Waals surface area contributed by atoms with Crippen molar-refractivity contribution in [2.75, 3.05) is 18.1 Å². The number of hydrogen-bond acceptors (Lipinski definition) is 4. The monoisotopic (exact) mass is 351 g/mol. The molecule has 2 heterocycles. The molecule has 0 bridgehead atoms. The molecular formula is C16H18FN3O3S. The van der Waals surface area contributed by atoms with Gasteiger partial charge in [-0.05, 0) is 30.7 Å². The SMILES string of the molecule is Cc1cc(C(=O)N2CCS(=O)(=O)C[C@H]2c2cnn(C)c2)ccc1F. The molecule has 6 nitrogen and oxygen atoms in total. The molecule has 0 unspecified atom stereocenters. The normalized spacial score (nSPS) is 20.1. The second-order valence-corrected chi connectivity index (χ2v) is 8.27. The first-order chi connectivity index (χ1) is 11.3. The van der Waals surface area contributed by atoms with Crippen LogP contribution in [0.4, 0.5) is 4.39 Å². The minimum absolute atomic E-state index is 0.0737. The van der Waals surface area contributed by atoms with Crippen LogP contribution in [0.25, 0.3) is 0 Å². The zero-order valence-corrected chi connectivity index (χ0v) is 14.3. The summed E-state index contributed by atoms with van der Waals surface area (Å²) < 4.78 is 39.1. The van der Waals surface area contributed by atoms with Crippen LogP contribution in [-0.2, 0) is 16.9 Å². The van der Waals surface area contributed by atoms with Gasteiger partial charge in [-0.3, -0.25) is 9.48 Å². The summed E-state index contributed by atoms with van der Waals surface area (Å²) in [6.07, 6.45) is 3.28. The van der Waals surface area contributed by atoms with Crippen LogP contribution in [0.2, 0.25) is 0 Å². The summed E-state index contributed by atoms with van der Waals surface area (Å²) in [6, 6.07) is 3.58. The van der Waals surface area contributed by atoms with Crippen molar-refractivity contribution >= 4 is 15.7 Å². The van der Waals surface area contributed by atoms with Gasteiger partial charge in [0.15, 0.2) is 9.84 Å². The van der Waals surface area contributed by atoms with Crippen molar-refractivity contribution in [1.82, 2.24) is 14.7 Å². The molecule has 3 rings (SSSR count). The molecule has 1 aromatic carbocycles. The van der Waals surface area contributed by atoms with E-state index in [4.69, 9.17) is 0 Å². The Morgan fingerprint density at radius 1 is 1.38 bits per heavy atom. The third-order valence-corrected chi connectivity index (χ3v) is 5.83. The van der Waals surface area contributed by atoms with Crippen LogP contribution < -0.4 is 0 Å². The highest BCUT2D eigenvalue weighted by molar-refractivity contribution is 7.91. The summed E-state index contributed by atoms with van der Waals surface area (Å²) in [5.74, 6) is -0.890. The van der Waals surface area contributed by atoms with Crippen LogP contribution >= 0.6 is 0 Å². The predicted octanol–water partition coefficient (Wildman–Crippen LogP) is 1.48. The minimum atomic E-state index is -3.23. The maximum absolute atomic E-state index is 13.4. The molecule has 128 valence electrons. The second kappa shape index (κ2) is 6.01. The maximum Gasteiger partial charge on any atom is 0.254 e. The standard InChI is InChI=1S/C16H18FN3O3S/c1-11-7-12(3-4-14(11)17)16(21)20-5-6-24(22,23)10-15(20)13-8-18-19(2)9-13/h3-4,7-9,15H,5-6,10H2,1-2H3/t15-/m0/s1. The lowest BCUT2D eigenvalue weighted by atomic mass is 10.1. The van der Waals surface area contributed by atoms with Gasteiger partial charge in [0.05, 0.1) is 23.7 Å². The van der Waals surface area contributed by atoms with Gasteiger partial charge in [-0.2, -0.15) is 5.10 Å². The summed E-state index contributed by atoms with van der Waals surface area (Å²) in [6.45, 7) is 1.70. The number of aromatic nitrogens is 2. The minimum Gasteiger partial charge on any atom is -0.329 e. The second-order valence-electron chi connectivity index (χ2n) is 6.04. The molecule has 24 heavy (non-hydrogen) atoms. The van der Waals surface area contributed by atoms with Crippen molar-refractivity contribution in [3.8, 4) is 0 Å². The van der Waals surface area contributed by atoms with Crippen molar-refractivity contribution in [3.63, 3.8) is 0 Å². The topological polar surface area (TPSA) is 72.3 Å². The Bertz CT molecular complexity index is 892. The molecule has 0 N–H and O–H groups in total. The van der Waals surface area contributed by atoms with Gasteiger partial charge < -0.3 is 4.90 Å². The smallest absolute Gasteiger partial charge is 0.254 e. The van der Waals surface area contributed by atoms with E-state index in [1.54, 1.807) is 31.0 Å². The van der Waals surface area contributed by atoms with Crippen molar-refractivity contribution in [1.29, 1.82) is 0 Å². The zero-order valence-electron chi connectivity index (χ0n) is 13.4. The molecule has 1 aromatic heterocycles. The third kappa shape index (κ3) is 3.19. The Labute approximate surface area is 139 Å². The van der Waals surface area contributed by atoms with E-state index in [1.807, 2.05) is 0 Å². The number of sulfone groups is 1. The lowest BCUT2D eigenvalue weighted by Gasteiger charge is -2.35. The number of aryl methyl sites for hydroxylation is 2. The summed E-state index contributed by atoms with van der Waals surface area (Å²) >= 11 is 0. The molecule has 1 fully saturated rings. The van der Waals surface area contributed by atoms with E-state index in [1.165, 1.54) is 23.1 Å². The van der Waals surface area contributed by atoms with E-state index in [0.29, 0.717) is 16.7 Å². The number of nitrogens with zero attached hydrogens (tertiary/aromatic N) is 3. The number of rotatable bonds is 2. The molecule has 0 spiro atoms. The lowest BCUT2D eigenvalue weighted by molar-refractivity contribution is 0.0697. The number of halogens is 1. The number of carbonyl (C=O) groups is 1. The average Bonchev–Trinajstić information content (AvgIpc) is 2.95. The fraction of sp³-hybridized carbons (Fsp3) is 0.375. The number of benzene rings is 1. The van der Waals surface area contributed by atoms with Crippen molar-refractivity contribution < 1.29 is 17.6 Å². The van der Waals surface area contributed by atoms with Gasteiger partial charge in [0.2, 0.25) is 0 Å². The Morgan fingerprint density at radius 3 is 2.75 bits per heavy atom. The van der Waals surface area contributed by atoms with Crippen LogP contribution in [0.3, 0.4) is 0 Å². The molecule has 1 aliphatic rings. The van der Waals surface area contributed by atoms with Crippen LogP contribution in [0.15, 0.2) is 30.6 Å². The van der Waals surface area contributed by atoms with Crippen LogP contribution in [0, 0.1) is 12.7 Å². The summed E-state index contributed by atoms with van der Waals surface area (Å²) in [5, 5.41) is 4.07. The third-order valence-electron chi connectivity index (χ3n) is 4.21. The predicted molar refractivity (Wildman–Crippen MR) is 86.8 cm³/mol. The van der Waals surface area contributed by atoms with Crippen LogP contribution in [-0.4, -0.2) is 47.1 Å². The highest BCUT2D eigenvalue weighted by atomic mass is 32.2. The highest BCUT2D eigenvalue weighted by Crippen LogP contribution is 2.28. The largest absolute Gasteiger partial charge is 0.329 e. The Balaban J connectivity index is 1.97. The van der Waals surface area contributed by atoms with Crippen molar-refractivity contribution in [3.05, 3.63) is 53.1 Å². The van der Waals surface area contributed by atoms with Crippen LogP contribution in [0.1, 0.15) is 27.5 Å². The van der Waals surface area contributed by atoms with Gasteiger partial charge in [0, 0.05) is 30.9 Å². The molecule has 8 heteroatoms. The summed E-state index contributed by atoms with van der Waals surface area (Å²) in [7, 11) is -1.49. The lowest BCUT2D eigenvalue weighted by Crippen LogP contribution is -2.46. The molecule has 2 aromatic rings. The van der Waals surface area contributed by atoms with Gasteiger partial charge >= 0.3 is 0 Å². The van der Waals surface area contributed by atoms with E-state index >= 15 is 0 Å². The first kappa shape index (κ1) is 16.6. The Hall–Kier alpha value is -2.22. The molecule has 0 radical (unpaired) electrons. The van der Waals surface area contributed by atoms with E-state index < -0.39 is 15.9 Å². The Morgan fingerprint density at radius 2 is 2.12 bits per heavy atom. The summed E-state index contributed by atoms with van der Waals surface area (Å²) in [5.41, 5.74) is 1.40. The van der Waals surface area contributed by atoms with Crippen molar-refractivity contribution in [2.45, 2.75) is 13.0 Å². The van der Waals surface area contributed by atoms with E-state index in [-0.39, 0.29) is 29.8 Å². The number of amides is 1. The molecular weight excluding hydrogens is 333 g/mol. The van der Waals surface area contributed by atoms with Gasteiger partial charge in [-0.25, -0.2) is 12.8 Å². The van der Waals surface area contributed by atoms with E-state index in [0.717, 1.165) is 0 Å². The fourth-order valence-corrected chi connectivity index (χ4v) is 4.38. The first-order valence-electron chi connectivity index (χ1n) is 7.53. The molecule has 0 saturated carbocycles. The maximum atomic E-state index is 13.4. The van der Waals surface area contributed by atoms with Crippen molar-refractivity contribution in [2.24, 2.45) is 7.05 Å². The summed E-state index contributed by atoms with van der Waals surface area (Å²) in [4.78, 5) is 14.4. The zero-order chi connectivity index (χ0) is 17.5. The fourth-order valence-electron chi connectivity index (χ4n) is 2.88. The van der Waals surface area contributed by atoms with E-state index in [9.17, 15) is 17.6 Å². The molecule has 1 saturated heterocycles. The quantitative estimate of drug-likeness (QED) is 0.822. The van der Waals surface area contributed by atoms with Gasteiger partial charge in [-0.15, -0.1) is 0 Å². The number of hydrogen-bond donors (Lipinski definition) is 0. The van der Waals surface area contributed by atoms with E-state index in [2.05, 4.69) is 5.10 Å². The first-order valence-corrected chi connectivity index (χ1v) is 9.35. The van der Waals surface area contributed by atoms with Gasteiger partial charge in [0.1, 0.15) is 5.82 Å². The van der Waals surface area contributed by atoms with Gasteiger partial charge in [0.25, 0.3) is 5.91 Å². The molecule has 1 amide bonds. The average molecular weight is 351 g/mol. The van der Waals surface area contributed by atoms with Crippen LogP contribution in [0.5, 0.6) is 0 Å².